The van der Waals surface area contributed by atoms with Crippen molar-refractivity contribution in [2.45, 2.75) is 31.8 Å². The average Bonchev–Trinajstić information content (AvgIpc) is 2.14. The minimum absolute atomic E-state index is 0.257. The molecule has 1 N–H and O–H groups in total. The van der Waals surface area contributed by atoms with Gasteiger partial charge in [0.1, 0.15) is 0 Å². The molecule has 90 valence electrons. The van der Waals surface area contributed by atoms with Crippen LogP contribution in [0.1, 0.15) is 32.4 Å². The highest BCUT2D eigenvalue weighted by atomic mass is 32.2. The van der Waals surface area contributed by atoms with E-state index >= 15 is 0 Å². The third-order valence-corrected chi connectivity index (χ3v) is 3.57. The molecule has 1 rings (SSSR count). The van der Waals surface area contributed by atoms with Crippen molar-refractivity contribution in [1.29, 1.82) is 0 Å². The highest BCUT2D eigenvalue weighted by Gasteiger charge is 2.23. The van der Waals surface area contributed by atoms with Crippen LogP contribution in [0, 0.1) is 5.41 Å². The summed E-state index contributed by atoms with van der Waals surface area (Å²) in [5.74, 6) is 0. The van der Waals surface area contributed by atoms with Gasteiger partial charge in [0.15, 0.2) is 9.84 Å². The number of benzene rings is 1. The van der Waals surface area contributed by atoms with Gasteiger partial charge < -0.3 is 5.11 Å². The summed E-state index contributed by atoms with van der Waals surface area (Å²) in [7, 11) is -3.16. The molecule has 3 nitrogen and oxygen atoms in total. The predicted molar refractivity (Wildman–Crippen MR) is 64.0 cm³/mol. The van der Waals surface area contributed by atoms with Gasteiger partial charge in [0.25, 0.3) is 0 Å². The van der Waals surface area contributed by atoms with Crippen molar-refractivity contribution in [2.24, 2.45) is 5.41 Å². The summed E-state index contributed by atoms with van der Waals surface area (Å²) in [6.07, 6.45) is 0.573. The third kappa shape index (κ3) is 3.06. The van der Waals surface area contributed by atoms with Gasteiger partial charge in [-0.15, -0.1) is 0 Å². The van der Waals surface area contributed by atoms with E-state index in [1.165, 1.54) is 18.4 Å². The van der Waals surface area contributed by atoms with Crippen LogP contribution in [0.2, 0.25) is 0 Å². The zero-order valence-electron chi connectivity index (χ0n) is 10.1. The van der Waals surface area contributed by atoms with E-state index in [1.807, 2.05) is 20.8 Å². The molecule has 16 heavy (non-hydrogen) atoms. The van der Waals surface area contributed by atoms with Crippen LogP contribution in [-0.2, 0) is 9.84 Å². The van der Waals surface area contributed by atoms with Gasteiger partial charge >= 0.3 is 0 Å². The van der Waals surface area contributed by atoms with Crippen LogP contribution in [0.5, 0.6) is 0 Å². The Kier molecular flexibility index (Phi) is 3.45. The van der Waals surface area contributed by atoms with Crippen LogP contribution in [0.15, 0.2) is 29.2 Å². The van der Waals surface area contributed by atoms with Crippen LogP contribution in [-0.4, -0.2) is 19.8 Å². The minimum Gasteiger partial charge on any atom is -0.388 e. The first-order valence-corrected chi connectivity index (χ1v) is 6.99. The molecule has 0 aliphatic rings. The summed E-state index contributed by atoms with van der Waals surface area (Å²) in [5.41, 5.74) is 0.479. The van der Waals surface area contributed by atoms with E-state index in [4.69, 9.17) is 0 Å². The van der Waals surface area contributed by atoms with Crippen LogP contribution in [0.3, 0.4) is 0 Å². The quantitative estimate of drug-likeness (QED) is 0.864. The molecular formula is C12H18O3S. The summed E-state index contributed by atoms with van der Waals surface area (Å²) < 4.78 is 22.5. The van der Waals surface area contributed by atoms with E-state index in [2.05, 4.69) is 0 Å². The van der Waals surface area contributed by atoms with Crippen LogP contribution < -0.4 is 0 Å². The molecular weight excluding hydrogens is 224 g/mol. The lowest BCUT2D eigenvalue weighted by molar-refractivity contribution is 0.0626. The molecule has 1 unspecified atom stereocenters. The summed E-state index contributed by atoms with van der Waals surface area (Å²) >= 11 is 0. The molecule has 0 amide bonds. The third-order valence-electron chi connectivity index (χ3n) is 2.44. The van der Waals surface area contributed by atoms with Crippen molar-refractivity contribution >= 4 is 9.84 Å². The summed E-state index contributed by atoms with van der Waals surface area (Å²) in [4.78, 5) is 0.275. The molecule has 0 saturated carbocycles. The van der Waals surface area contributed by atoms with Gasteiger partial charge in [-0.25, -0.2) is 8.42 Å². The van der Waals surface area contributed by atoms with Crippen molar-refractivity contribution in [3.05, 3.63) is 29.8 Å². The number of hydrogen-bond acceptors (Lipinski definition) is 3. The van der Waals surface area contributed by atoms with Gasteiger partial charge in [0.05, 0.1) is 11.0 Å². The molecule has 1 atom stereocenters. The van der Waals surface area contributed by atoms with Crippen LogP contribution >= 0.6 is 0 Å². The van der Waals surface area contributed by atoms with Gasteiger partial charge in [0, 0.05) is 6.26 Å². The molecule has 1 aromatic carbocycles. The van der Waals surface area contributed by atoms with Crippen molar-refractivity contribution in [2.75, 3.05) is 6.26 Å². The first kappa shape index (κ1) is 13.2. The van der Waals surface area contributed by atoms with Gasteiger partial charge in [0.2, 0.25) is 0 Å². The first-order valence-electron chi connectivity index (χ1n) is 5.10. The normalized spacial score (nSPS) is 14.8. The van der Waals surface area contributed by atoms with Crippen molar-refractivity contribution in [1.82, 2.24) is 0 Å². The fraction of sp³-hybridized carbons (Fsp3) is 0.500. The lowest BCUT2D eigenvalue weighted by Gasteiger charge is -2.26. The molecule has 0 fully saturated rings. The lowest BCUT2D eigenvalue weighted by atomic mass is 9.85. The van der Waals surface area contributed by atoms with E-state index in [0.717, 1.165) is 5.56 Å². The number of rotatable bonds is 2. The van der Waals surface area contributed by atoms with Crippen LogP contribution in [0.25, 0.3) is 0 Å². The Balaban J connectivity index is 3.05. The molecule has 0 heterocycles. The second-order valence-corrected chi connectivity index (χ2v) is 7.13. The van der Waals surface area contributed by atoms with Crippen molar-refractivity contribution in [3.63, 3.8) is 0 Å². The fourth-order valence-electron chi connectivity index (χ4n) is 1.40. The molecule has 0 spiro atoms. The Morgan fingerprint density at radius 3 is 1.88 bits per heavy atom. The van der Waals surface area contributed by atoms with E-state index < -0.39 is 15.9 Å². The number of hydrogen-bond donors (Lipinski definition) is 1. The Hall–Kier alpha value is -0.870. The molecule has 0 saturated heterocycles. The van der Waals surface area contributed by atoms with E-state index in [-0.39, 0.29) is 10.3 Å². The van der Waals surface area contributed by atoms with E-state index in [0.29, 0.717) is 0 Å². The SMILES string of the molecule is CC(C)(C)C(O)c1ccc(S(C)(=O)=O)cc1. The Bertz CT molecular complexity index is 452. The second-order valence-electron chi connectivity index (χ2n) is 5.11. The Labute approximate surface area is 97.0 Å². The first-order chi connectivity index (χ1) is 7.12. The summed E-state index contributed by atoms with van der Waals surface area (Å²) in [6, 6.07) is 6.37. The smallest absolute Gasteiger partial charge is 0.175 e. The zero-order chi connectivity index (χ0) is 12.6. The van der Waals surface area contributed by atoms with Crippen molar-refractivity contribution < 1.29 is 13.5 Å². The summed E-state index contributed by atoms with van der Waals surface area (Å²) in [6.45, 7) is 5.80. The Morgan fingerprint density at radius 1 is 1.12 bits per heavy atom. The molecule has 0 radical (unpaired) electrons. The van der Waals surface area contributed by atoms with Crippen LogP contribution in [0.4, 0.5) is 0 Å². The largest absolute Gasteiger partial charge is 0.388 e. The molecule has 4 heteroatoms. The molecule has 0 bridgehead atoms. The fourth-order valence-corrected chi connectivity index (χ4v) is 2.03. The standard InChI is InChI=1S/C12H18O3S/c1-12(2,3)11(13)9-5-7-10(8-6-9)16(4,14)15/h5-8,11,13H,1-4H3. The molecule has 0 aliphatic heterocycles. The van der Waals surface area contributed by atoms with Gasteiger partial charge in [-0.2, -0.15) is 0 Å². The van der Waals surface area contributed by atoms with Gasteiger partial charge in [-0.05, 0) is 23.1 Å². The molecule has 0 aliphatic carbocycles. The topological polar surface area (TPSA) is 54.4 Å². The maximum Gasteiger partial charge on any atom is 0.175 e. The predicted octanol–water partition coefficient (Wildman–Crippen LogP) is 2.17. The second kappa shape index (κ2) is 4.18. The highest BCUT2D eigenvalue weighted by Crippen LogP contribution is 2.32. The number of sulfone groups is 1. The monoisotopic (exact) mass is 242 g/mol. The van der Waals surface area contributed by atoms with Gasteiger partial charge in [-0.3, -0.25) is 0 Å². The average molecular weight is 242 g/mol. The van der Waals surface area contributed by atoms with E-state index in [1.54, 1.807) is 12.1 Å². The molecule has 0 aromatic heterocycles. The lowest BCUT2D eigenvalue weighted by Crippen LogP contribution is -2.17. The Morgan fingerprint density at radius 2 is 1.56 bits per heavy atom. The number of aliphatic hydroxyl groups is 1. The summed E-state index contributed by atoms with van der Waals surface area (Å²) in [5, 5.41) is 10.0. The van der Waals surface area contributed by atoms with E-state index in [9.17, 15) is 13.5 Å². The van der Waals surface area contributed by atoms with Crippen molar-refractivity contribution in [3.8, 4) is 0 Å². The maximum atomic E-state index is 11.2. The molecule has 1 aromatic rings. The zero-order valence-corrected chi connectivity index (χ0v) is 10.9. The number of aliphatic hydroxyl groups excluding tert-OH is 1. The minimum atomic E-state index is -3.16. The maximum absolute atomic E-state index is 11.2. The highest BCUT2D eigenvalue weighted by molar-refractivity contribution is 7.90. The van der Waals surface area contributed by atoms with Gasteiger partial charge in [-0.1, -0.05) is 32.9 Å².